The molecule has 2 aromatic rings. The zero-order valence-electron chi connectivity index (χ0n) is 6.26. The smallest absolute Gasteiger partial charge is 0.170 e. The van der Waals surface area contributed by atoms with Gasteiger partial charge in [0.05, 0.1) is 6.33 Å². The third kappa shape index (κ3) is 4.58. The zero-order valence-corrected chi connectivity index (χ0v) is 12.7. The fourth-order valence-electron chi connectivity index (χ4n) is 0.521. The van der Waals surface area contributed by atoms with Crippen LogP contribution < -0.4 is 0 Å². The predicted molar refractivity (Wildman–Crippen MR) is 75.3 cm³/mol. The Morgan fingerprint density at radius 2 is 2.00 bits per heavy atom. The van der Waals surface area contributed by atoms with Crippen LogP contribution in [0.15, 0.2) is 18.7 Å². The van der Waals surface area contributed by atoms with Gasteiger partial charge in [0.2, 0.25) is 0 Å². The first-order chi connectivity index (χ1) is 6.20. The molecule has 0 amide bonds. The standard InChI is InChI=1S/C3HI3N2.C3H4N2/c4-1-2(5)8-3(6)7-1;1-2-5-3-4-1/h(H,7,8);1-3H,(H,4,5). The van der Waals surface area contributed by atoms with Crippen LogP contribution in [0.1, 0.15) is 0 Å². The van der Waals surface area contributed by atoms with Crippen molar-refractivity contribution in [2.45, 2.75) is 0 Å². The number of imidazole rings is 2. The van der Waals surface area contributed by atoms with Crippen molar-refractivity contribution in [2.24, 2.45) is 0 Å². The lowest BCUT2D eigenvalue weighted by Gasteiger charge is -1.74. The van der Waals surface area contributed by atoms with E-state index in [1.54, 1.807) is 18.7 Å². The maximum absolute atomic E-state index is 4.12. The average Bonchev–Trinajstić information content (AvgIpc) is 2.66. The van der Waals surface area contributed by atoms with Gasteiger partial charge in [-0.15, -0.1) is 0 Å². The first kappa shape index (κ1) is 11.7. The zero-order chi connectivity index (χ0) is 9.68. The molecule has 70 valence electrons. The molecule has 0 spiro atoms. The lowest BCUT2D eigenvalue weighted by molar-refractivity contribution is 1.21. The Kier molecular flexibility index (Phi) is 5.54. The SMILES string of the molecule is Ic1nc(I)c(I)[nH]1.c1c[nH]cn1. The highest BCUT2D eigenvalue weighted by molar-refractivity contribution is 14.1. The summed E-state index contributed by atoms with van der Waals surface area (Å²) in [6, 6.07) is 0. The van der Waals surface area contributed by atoms with Gasteiger partial charge in [-0.25, -0.2) is 9.97 Å². The second-order valence-corrected chi connectivity index (χ2v) is 5.02. The molecule has 0 aromatic carbocycles. The van der Waals surface area contributed by atoms with E-state index in [0.717, 1.165) is 11.2 Å². The first-order valence-corrected chi connectivity index (χ1v) is 6.43. The van der Waals surface area contributed by atoms with Gasteiger partial charge in [0, 0.05) is 12.4 Å². The molecule has 2 heterocycles. The van der Waals surface area contributed by atoms with Gasteiger partial charge in [0.15, 0.2) is 3.83 Å². The van der Waals surface area contributed by atoms with E-state index in [0.29, 0.717) is 0 Å². The lowest BCUT2D eigenvalue weighted by atomic mass is 11.0. The second kappa shape index (κ2) is 6.16. The van der Waals surface area contributed by atoms with Gasteiger partial charge in [-0.1, -0.05) is 0 Å². The summed E-state index contributed by atoms with van der Waals surface area (Å²) >= 11 is 6.56. The second-order valence-electron chi connectivity index (χ2n) is 1.89. The average molecular weight is 514 g/mol. The van der Waals surface area contributed by atoms with Crippen molar-refractivity contribution in [3.63, 3.8) is 0 Å². The van der Waals surface area contributed by atoms with Crippen molar-refractivity contribution in [3.05, 3.63) is 30.0 Å². The number of nitrogens with zero attached hydrogens (tertiary/aromatic N) is 2. The van der Waals surface area contributed by atoms with Crippen LogP contribution in [0.2, 0.25) is 0 Å². The highest BCUT2D eigenvalue weighted by atomic mass is 127. The lowest BCUT2D eigenvalue weighted by Crippen LogP contribution is -1.69. The molecular weight excluding hydrogens is 509 g/mol. The highest BCUT2D eigenvalue weighted by Gasteiger charge is 1.99. The first-order valence-electron chi connectivity index (χ1n) is 3.19. The molecule has 0 radical (unpaired) electrons. The van der Waals surface area contributed by atoms with Crippen LogP contribution in [0.25, 0.3) is 0 Å². The molecular formula is C6H5I3N4. The number of H-pyrrole nitrogens is 2. The number of nitrogens with one attached hydrogen (secondary N) is 2. The van der Waals surface area contributed by atoms with Crippen LogP contribution >= 0.6 is 67.8 Å². The molecule has 2 N–H and O–H groups in total. The van der Waals surface area contributed by atoms with Gasteiger partial charge in [-0.2, -0.15) is 0 Å². The molecule has 2 aromatic heterocycles. The van der Waals surface area contributed by atoms with E-state index in [2.05, 4.69) is 87.7 Å². The number of aromatic amines is 2. The number of hydrogen-bond donors (Lipinski definition) is 2. The fourth-order valence-corrected chi connectivity index (χ4v) is 2.76. The van der Waals surface area contributed by atoms with E-state index < -0.39 is 0 Å². The van der Waals surface area contributed by atoms with Gasteiger partial charge >= 0.3 is 0 Å². The van der Waals surface area contributed by atoms with Crippen molar-refractivity contribution in [3.8, 4) is 0 Å². The highest BCUT2D eigenvalue weighted by Crippen LogP contribution is 2.11. The summed E-state index contributed by atoms with van der Waals surface area (Å²) < 4.78 is 3.12. The summed E-state index contributed by atoms with van der Waals surface area (Å²) in [4.78, 5) is 13.6. The summed E-state index contributed by atoms with van der Waals surface area (Å²) in [5.74, 6) is 0. The maximum atomic E-state index is 4.12. The molecule has 0 aliphatic heterocycles. The van der Waals surface area contributed by atoms with Crippen LogP contribution in [0, 0.1) is 11.2 Å². The Bertz CT molecular complexity index is 306. The molecule has 0 aliphatic rings. The molecule has 7 heteroatoms. The number of halogens is 3. The summed E-state index contributed by atoms with van der Waals surface area (Å²) in [5, 5.41) is 0. The molecule has 0 atom stereocenters. The minimum absolute atomic E-state index is 0.955. The van der Waals surface area contributed by atoms with Crippen molar-refractivity contribution in [1.82, 2.24) is 19.9 Å². The topological polar surface area (TPSA) is 57.4 Å². The van der Waals surface area contributed by atoms with Gasteiger partial charge in [0.1, 0.15) is 7.40 Å². The Balaban J connectivity index is 0.000000145. The summed E-state index contributed by atoms with van der Waals surface area (Å²) in [5.41, 5.74) is 0. The molecule has 4 nitrogen and oxygen atoms in total. The number of rotatable bonds is 0. The van der Waals surface area contributed by atoms with Crippen LogP contribution in [-0.4, -0.2) is 19.9 Å². The van der Waals surface area contributed by atoms with E-state index in [9.17, 15) is 0 Å². The van der Waals surface area contributed by atoms with Crippen LogP contribution in [0.3, 0.4) is 0 Å². The van der Waals surface area contributed by atoms with E-state index >= 15 is 0 Å². The molecule has 0 saturated carbocycles. The van der Waals surface area contributed by atoms with Crippen molar-refractivity contribution < 1.29 is 0 Å². The quantitative estimate of drug-likeness (QED) is 0.532. The Labute approximate surface area is 116 Å². The summed E-state index contributed by atoms with van der Waals surface area (Å²) in [6.45, 7) is 0. The maximum Gasteiger partial charge on any atom is 0.170 e. The van der Waals surface area contributed by atoms with Crippen molar-refractivity contribution in [1.29, 1.82) is 0 Å². The van der Waals surface area contributed by atoms with Gasteiger partial charge in [-0.3, -0.25) is 0 Å². The van der Waals surface area contributed by atoms with Crippen molar-refractivity contribution in [2.75, 3.05) is 0 Å². The fraction of sp³-hybridized carbons (Fsp3) is 0. The molecule has 13 heavy (non-hydrogen) atoms. The molecule has 0 fully saturated rings. The summed E-state index contributed by atoms with van der Waals surface area (Å²) in [6.07, 6.45) is 5.08. The van der Waals surface area contributed by atoms with Crippen molar-refractivity contribution >= 4 is 67.8 Å². The minimum Gasteiger partial charge on any atom is -0.351 e. The Hall–Kier alpha value is 0.610. The largest absolute Gasteiger partial charge is 0.351 e. The Morgan fingerprint density at radius 3 is 2.15 bits per heavy atom. The van der Waals surface area contributed by atoms with Gasteiger partial charge < -0.3 is 9.97 Å². The monoisotopic (exact) mass is 514 g/mol. The van der Waals surface area contributed by atoms with E-state index in [1.165, 1.54) is 0 Å². The third-order valence-corrected chi connectivity index (χ3v) is 4.10. The van der Waals surface area contributed by atoms with E-state index in [-0.39, 0.29) is 0 Å². The molecule has 0 unspecified atom stereocenters. The van der Waals surface area contributed by atoms with Crippen LogP contribution in [0.5, 0.6) is 0 Å². The molecule has 0 aliphatic carbocycles. The molecule has 0 bridgehead atoms. The third-order valence-electron chi connectivity index (χ3n) is 0.996. The van der Waals surface area contributed by atoms with E-state index in [1.807, 2.05) is 0 Å². The molecule has 2 rings (SSSR count). The van der Waals surface area contributed by atoms with E-state index in [4.69, 9.17) is 0 Å². The van der Waals surface area contributed by atoms with Gasteiger partial charge in [-0.05, 0) is 67.8 Å². The summed E-state index contributed by atoms with van der Waals surface area (Å²) in [7, 11) is 0. The molecule has 0 saturated heterocycles. The van der Waals surface area contributed by atoms with Crippen LogP contribution in [0.4, 0.5) is 0 Å². The normalized spacial score (nSPS) is 9.15. The van der Waals surface area contributed by atoms with Crippen LogP contribution in [-0.2, 0) is 0 Å². The predicted octanol–water partition coefficient (Wildman–Crippen LogP) is 2.63. The minimum atomic E-state index is 0.955. The number of hydrogen-bond acceptors (Lipinski definition) is 2. The van der Waals surface area contributed by atoms with Gasteiger partial charge in [0.25, 0.3) is 0 Å². The number of aromatic nitrogens is 4. The Morgan fingerprint density at radius 1 is 1.23 bits per heavy atom.